The number of ether oxygens (including phenoxy) is 1. The molecule has 0 unspecified atom stereocenters. The standard InChI is InChI=1S/C6H11NO2.ClHO/c1-9-6(8)5-3-2-4-7-5;1-2/h5,7H,2-4H2,1H3;2H/t5-;/m0./s1. The molecule has 1 aliphatic rings. The highest BCUT2D eigenvalue weighted by molar-refractivity contribution is 6.04. The van der Waals surface area contributed by atoms with Crippen molar-refractivity contribution in [1.82, 2.24) is 5.32 Å². The molecule has 0 radical (unpaired) electrons. The summed E-state index contributed by atoms with van der Waals surface area (Å²) in [6, 6.07) is -0.0324. The van der Waals surface area contributed by atoms with Crippen LogP contribution >= 0.6 is 11.9 Å². The monoisotopic (exact) mass is 181 g/mol. The van der Waals surface area contributed by atoms with Crippen molar-refractivity contribution >= 4 is 17.8 Å². The third kappa shape index (κ3) is 3.55. The highest BCUT2D eigenvalue weighted by Gasteiger charge is 2.21. The first-order valence-electron chi connectivity index (χ1n) is 3.32. The fraction of sp³-hybridized carbons (Fsp3) is 0.833. The van der Waals surface area contributed by atoms with Gasteiger partial charge in [-0.15, -0.1) is 0 Å². The van der Waals surface area contributed by atoms with Crippen LogP contribution in [0.25, 0.3) is 0 Å². The molecule has 0 amide bonds. The third-order valence-electron chi connectivity index (χ3n) is 1.55. The van der Waals surface area contributed by atoms with E-state index in [1.165, 1.54) is 7.11 Å². The van der Waals surface area contributed by atoms with Gasteiger partial charge in [-0.05, 0) is 19.4 Å². The molecule has 66 valence electrons. The molecule has 1 aliphatic heterocycles. The van der Waals surface area contributed by atoms with Crippen LogP contribution in [-0.2, 0) is 9.53 Å². The van der Waals surface area contributed by atoms with Gasteiger partial charge in [0.05, 0.1) is 19.0 Å². The average molecular weight is 182 g/mol. The van der Waals surface area contributed by atoms with Gasteiger partial charge in [0.2, 0.25) is 0 Å². The second kappa shape index (κ2) is 6.39. The van der Waals surface area contributed by atoms with Crippen LogP contribution in [0.15, 0.2) is 0 Å². The van der Waals surface area contributed by atoms with Gasteiger partial charge in [-0.25, -0.2) is 0 Å². The van der Waals surface area contributed by atoms with E-state index in [9.17, 15) is 4.79 Å². The number of halogens is 1. The van der Waals surface area contributed by atoms with Crippen LogP contribution < -0.4 is 5.32 Å². The Morgan fingerprint density at radius 2 is 2.36 bits per heavy atom. The average Bonchev–Trinajstić information content (AvgIpc) is 2.59. The van der Waals surface area contributed by atoms with Crippen molar-refractivity contribution in [3.8, 4) is 0 Å². The fourth-order valence-electron chi connectivity index (χ4n) is 1.03. The summed E-state index contributed by atoms with van der Waals surface area (Å²) in [5, 5.41) is 3.03. The van der Waals surface area contributed by atoms with Crippen LogP contribution in [0.2, 0.25) is 0 Å². The van der Waals surface area contributed by atoms with Gasteiger partial charge in [-0.3, -0.25) is 9.45 Å². The molecule has 0 aromatic heterocycles. The number of carbonyl (C=O) groups is 1. The zero-order valence-electron chi connectivity index (χ0n) is 6.34. The maximum Gasteiger partial charge on any atom is 0.322 e. The van der Waals surface area contributed by atoms with Gasteiger partial charge in [-0.1, -0.05) is 0 Å². The predicted octanol–water partition coefficient (Wildman–Crippen LogP) is 0.0439. The molecule has 0 aromatic carbocycles. The summed E-state index contributed by atoms with van der Waals surface area (Å²) in [4.78, 5) is 10.7. The Hall–Kier alpha value is -0.320. The van der Waals surface area contributed by atoms with E-state index in [-0.39, 0.29) is 12.0 Å². The minimum absolute atomic E-state index is 0.0324. The number of methoxy groups -OCH3 is 1. The van der Waals surface area contributed by atoms with Gasteiger partial charge < -0.3 is 10.1 Å². The van der Waals surface area contributed by atoms with E-state index in [0.29, 0.717) is 0 Å². The van der Waals surface area contributed by atoms with E-state index in [1.807, 2.05) is 0 Å². The van der Waals surface area contributed by atoms with Crippen molar-refractivity contribution in [3.63, 3.8) is 0 Å². The maximum absolute atomic E-state index is 10.7. The minimum atomic E-state index is -0.132. The fourth-order valence-corrected chi connectivity index (χ4v) is 1.03. The van der Waals surface area contributed by atoms with E-state index in [2.05, 4.69) is 21.9 Å². The van der Waals surface area contributed by atoms with Crippen LogP contribution in [0.4, 0.5) is 0 Å². The Morgan fingerprint density at radius 3 is 2.73 bits per heavy atom. The molecule has 0 aromatic rings. The van der Waals surface area contributed by atoms with Crippen LogP contribution in [-0.4, -0.2) is 30.3 Å². The number of esters is 1. The second-order valence-corrected chi connectivity index (χ2v) is 2.17. The Kier molecular flexibility index (Phi) is 6.21. The Balaban J connectivity index is 0.000000461. The van der Waals surface area contributed by atoms with Crippen molar-refractivity contribution in [1.29, 1.82) is 0 Å². The molecule has 0 saturated carbocycles. The summed E-state index contributed by atoms with van der Waals surface area (Å²) in [6.45, 7) is 0.944. The van der Waals surface area contributed by atoms with Crippen molar-refractivity contribution in [2.24, 2.45) is 0 Å². The summed E-state index contributed by atoms with van der Waals surface area (Å²) < 4.78 is 11.0. The topological polar surface area (TPSA) is 58.6 Å². The third-order valence-corrected chi connectivity index (χ3v) is 1.55. The Bertz CT molecular complexity index is 114. The van der Waals surface area contributed by atoms with Crippen LogP contribution in [0.1, 0.15) is 12.8 Å². The molecule has 0 aliphatic carbocycles. The lowest BCUT2D eigenvalue weighted by molar-refractivity contribution is -0.142. The minimum Gasteiger partial charge on any atom is -0.468 e. The van der Waals surface area contributed by atoms with Gasteiger partial charge in [0.25, 0.3) is 0 Å². The highest BCUT2D eigenvalue weighted by Crippen LogP contribution is 2.05. The summed E-state index contributed by atoms with van der Waals surface area (Å²) in [7, 11) is 1.42. The number of nitrogens with one attached hydrogen (secondary N) is 1. The van der Waals surface area contributed by atoms with Gasteiger partial charge >= 0.3 is 5.97 Å². The zero-order valence-corrected chi connectivity index (χ0v) is 7.10. The van der Waals surface area contributed by atoms with Gasteiger partial charge in [-0.2, -0.15) is 0 Å². The lowest BCUT2D eigenvalue weighted by Gasteiger charge is -2.04. The molecule has 5 heteroatoms. The van der Waals surface area contributed by atoms with Gasteiger partial charge in [0.15, 0.2) is 0 Å². The van der Waals surface area contributed by atoms with Crippen LogP contribution in [0.5, 0.6) is 0 Å². The summed E-state index contributed by atoms with van der Waals surface area (Å²) in [5.41, 5.74) is 0. The second-order valence-electron chi connectivity index (χ2n) is 2.17. The first-order valence-corrected chi connectivity index (χ1v) is 3.66. The SMILES string of the molecule is COC(=O)[C@@H]1CCCN1.OCl. The molecule has 1 saturated heterocycles. The van der Waals surface area contributed by atoms with Crippen molar-refractivity contribution in [2.75, 3.05) is 13.7 Å². The van der Waals surface area contributed by atoms with Gasteiger partial charge in [0.1, 0.15) is 6.04 Å². The molecule has 1 rings (SSSR count). The van der Waals surface area contributed by atoms with E-state index in [0.717, 1.165) is 19.4 Å². The van der Waals surface area contributed by atoms with Crippen molar-refractivity contribution in [3.05, 3.63) is 0 Å². The highest BCUT2D eigenvalue weighted by atomic mass is 35.5. The maximum atomic E-state index is 10.7. The van der Waals surface area contributed by atoms with Crippen LogP contribution in [0, 0.1) is 0 Å². The summed E-state index contributed by atoms with van der Waals surface area (Å²) in [6.07, 6.45) is 2.01. The van der Waals surface area contributed by atoms with Crippen LogP contribution in [0.3, 0.4) is 0 Å². The first kappa shape index (κ1) is 10.7. The van der Waals surface area contributed by atoms with E-state index >= 15 is 0 Å². The van der Waals surface area contributed by atoms with E-state index < -0.39 is 0 Å². The van der Waals surface area contributed by atoms with E-state index in [4.69, 9.17) is 4.66 Å². The molecule has 0 bridgehead atoms. The Labute approximate surface area is 70.7 Å². The number of carbonyl (C=O) groups excluding carboxylic acids is 1. The zero-order chi connectivity index (χ0) is 8.69. The first-order chi connectivity index (χ1) is 5.34. The molecule has 2 N–H and O–H groups in total. The molecule has 1 heterocycles. The van der Waals surface area contributed by atoms with Crippen molar-refractivity contribution in [2.45, 2.75) is 18.9 Å². The molecule has 1 fully saturated rings. The molecular formula is C6H12ClNO3. The molecule has 4 nitrogen and oxygen atoms in total. The summed E-state index contributed by atoms with van der Waals surface area (Å²) >= 11 is 3.64. The molecule has 11 heavy (non-hydrogen) atoms. The number of rotatable bonds is 1. The van der Waals surface area contributed by atoms with Crippen molar-refractivity contribution < 1.29 is 14.2 Å². The Morgan fingerprint density at radius 1 is 1.73 bits per heavy atom. The lowest BCUT2D eigenvalue weighted by Crippen LogP contribution is -2.31. The smallest absolute Gasteiger partial charge is 0.322 e. The number of hydrogen-bond acceptors (Lipinski definition) is 4. The normalized spacial score (nSPS) is 21.9. The summed E-state index contributed by atoms with van der Waals surface area (Å²) in [5.74, 6) is -0.132. The van der Waals surface area contributed by atoms with E-state index in [1.54, 1.807) is 0 Å². The molecule has 1 atom stereocenters. The quantitative estimate of drug-likeness (QED) is 0.561. The number of hydrogen-bond donors (Lipinski definition) is 2. The largest absolute Gasteiger partial charge is 0.468 e. The predicted molar refractivity (Wildman–Crippen MR) is 41.1 cm³/mol. The van der Waals surface area contributed by atoms with Gasteiger partial charge in [0, 0.05) is 0 Å². The lowest BCUT2D eigenvalue weighted by atomic mass is 10.2. The molecular weight excluding hydrogens is 170 g/mol. The molecule has 0 spiro atoms.